The Hall–Kier alpha value is -2.73. The lowest BCUT2D eigenvalue weighted by Crippen LogP contribution is -2.33. The molecular weight excluding hydrogens is 354 g/mol. The maximum Gasteiger partial charge on any atom is 0.216 e. The number of guanidine groups is 1. The van der Waals surface area contributed by atoms with Crippen molar-refractivity contribution in [3.8, 4) is 0 Å². The molecule has 0 aliphatic heterocycles. The van der Waals surface area contributed by atoms with Crippen molar-refractivity contribution in [3.05, 3.63) is 66.5 Å². The van der Waals surface area contributed by atoms with Gasteiger partial charge in [0.1, 0.15) is 5.82 Å². The first kappa shape index (κ1) is 17.7. The molecule has 0 unspecified atom stereocenters. The average Bonchev–Trinajstić information content (AvgIpc) is 3.20. The molecule has 1 aromatic heterocycles. The largest absolute Gasteiger partial charge is 0.369 e. The Kier molecular flexibility index (Phi) is 5.44. The third-order valence-electron chi connectivity index (χ3n) is 4.84. The van der Waals surface area contributed by atoms with Gasteiger partial charge in [0.15, 0.2) is 0 Å². The molecule has 138 valence electrons. The predicted molar refractivity (Wildman–Crippen MR) is 112 cm³/mol. The number of rotatable bonds is 4. The van der Waals surface area contributed by atoms with Crippen molar-refractivity contribution in [1.82, 2.24) is 9.36 Å². The molecule has 0 spiro atoms. The van der Waals surface area contributed by atoms with Gasteiger partial charge in [-0.25, -0.2) is 9.98 Å². The lowest BCUT2D eigenvalue weighted by molar-refractivity contribution is 0.431. The van der Waals surface area contributed by atoms with Gasteiger partial charge in [0.2, 0.25) is 11.1 Å². The van der Waals surface area contributed by atoms with Gasteiger partial charge < -0.3 is 5.73 Å². The molecule has 1 aliphatic rings. The van der Waals surface area contributed by atoms with Gasteiger partial charge in [0.05, 0.1) is 11.4 Å². The second kappa shape index (κ2) is 8.31. The van der Waals surface area contributed by atoms with Crippen LogP contribution in [0.5, 0.6) is 0 Å². The van der Waals surface area contributed by atoms with Crippen LogP contribution >= 0.6 is 11.5 Å². The van der Waals surface area contributed by atoms with Gasteiger partial charge in [-0.05, 0) is 37.1 Å². The Labute approximate surface area is 163 Å². The fourth-order valence-electron chi connectivity index (χ4n) is 3.45. The number of nitrogens with two attached hydrogens (primary N) is 1. The van der Waals surface area contributed by atoms with Crippen molar-refractivity contribution in [3.63, 3.8) is 0 Å². The Morgan fingerprint density at radius 1 is 0.963 bits per heavy atom. The number of hydrogen-bond donors (Lipinski definition) is 1. The van der Waals surface area contributed by atoms with Crippen LogP contribution in [0.3, 0.4) is 0 Å². The fraction of sp³-hybridized carbons (Fsp3) is 0.286. The Balaban J connectivity index is 1.68. The number of nitrogens with zero attached hydrogens (tertiary/aromatic N) is 4. The fourth-order valence-corrected chi connectivity index (χ4v) is 4.23. The predicted octanol–water partition coefficient (Wildman–Crippen LogP) is 5.37. The zero-order valence-electron chi connectivity index (χ0n) is 15.2. The highest BCUT2D eigenvalue weighted by molar-refractivity contribution is 7.10. The smallest absolute Gasteiger partial charge is 0.216 e. The van der Waals surface area contributed by atoms with E-state index in [2.05, 4.69) is 9.37 Å². The van der Waals surface area contributed by atoms with Crippen LogP contribution in [0.15, 0.2) is 65.7 Å². The normalized spacial score (nSPS) is 15.6. The molecular formula is C21H23N5S. The summed E-state index contributed by atoms with van der Waals surface area (Å²) in [7, 11) is 0. The summed E-state index contributed by atoms with van der Waals surface area (Å²) in [5, 5.41) is 0.763. The maximum atomic E-state index is 6.42. The van der Waals surface area contributed by atoms with E-state index in [9.17, 15) is 0 Å². The van der Waals surface area contributed by atoms with Crippen molar-refractivity contribution in [2.45, 2.75) is 38.0 Å². The molecule has 1 aliphatic carbocycles. The van der Waals surface area contributed by atoms with Crippen LogP contribution in [0.1, 0.15) is 43.8 Å². The minimum Gasteiger partial charge on any atom is -0.369 e. The maximum absolute atomic E-state index is 6.42. The van der Waals surface area contributed by atoms with Gasteiger partial charge in [-0.2, -0.15) is 4.37 Å². The average molecular weight is 378 g/mol. The van der Waals surface area contributed by atoms with Crippen LogP contribution in [0.2, 0.25) is 0 Å². The number of aliphatic imine (C=N–C) groups is 1. The lowest BCUT2D eigenvalue weighted by Gasteiger charge is -2.21. The standard InChI is InChI=1S/C21H23N5S/c22-20(23-17-12-6-2-7-13-17)26(18-14-8-3-9-15-18)21-24-19(25-27-21)16-10-4-1-5-11-16/h2-3,6-9,12-16H,1,4-5,10-11H2,(H2,22,23). The molecule has 27 heavy (non-hydrogen) atoms. The first-order chi connectivity index (χ1) is 13.3. The molecule has 4 rings (SSSR count). The summed E-state index contributed by atoms with van der Waals surface area (Å²) in [4.78, 5) is 11.3. The van der Waals surface area contributed by atoms with Crippen molar-refractivity contribution in [2.24, 2.45) is 10.7 Å². The van der Waals surface area contributed by atoms with E-state index in [1.165, 1.54) is 43.6 Å². The molecule has 1 saturated carbocycles. The molecule has 1 heterocycles. The number of para-hydroxylation sites is 2. The summed E-state index contributed by atoms with van der Waals surface area (Å²) < 4.78 is 4.65. The summed E-state index contributed by atoms with van der Waals surface area (Å²) in [6, 6.07) is 19.7. The van der Waals surface area contributed by atoms with Gasteiger partial charge >= 0.3 is 0 Å². The van der Waals surface area contributed by atoms with Crippen LogP contribution < -0.4 is 10.6 Å². The van der Waals surface area contributed by atoms with E-state index in [0.29, 0.717) is 11.9 Å². The monoisotopic (exact) mass is 377 g/mol. The van der Waals surface area contributed by atoms with Crippen LogP contribution in [0, 0.1) is 0 Å². The highest BCUT2D eigenvalue weighted by atomic mass is 32.1. The van der Waals surface area contributed by atoms with E-state index < -0.39 is 0 Å². The molecule has 2 aromatic carbocycles. The quantitative estimate of drug-likeness (QED) is 0.490. The van der Waals surface area contributed by atoms with E-state index in [0.717, 1.165) is 22.3 Å². The van der Waals surface area contributed by atoms with Crippen LogP contribution in [-0.2, 0) is 0 Å². The molecule has 0 radical (unpaired) electrons. The van der Waals surface area contributed by atoms with Crippen molar-refractivity contribution in [1.29, 1.82) is 0 Å². The summed E-state index contributed by atoms with van der Waals surface area (Å²) in [6.07, 6.45) is 6.20. The van der Waals surface area contributed by atoms with Gasteiger partial charge in [0, 0.05) is 17.5 Å². The van der Waals surface area contributed by atoms with E-state index in [-0.39, 0.29) is 0 Å². The van der Waals surface area contributed by atoms with E-state index in [4.69, 9.17) is 10.7 Å². The first-order valence-electron chi connectivity index (χ1n) is 9.39. The highest BCUT2D eigenvalue weighted by Crippen LogP contribution is 2.34. The molecule has 0 amide bonds. The lowest BCUT2D eigenvalue weighted by atomic mass is 9.89. The van der Waals surface area contributed by atoms with Gasteiger partial charge in [-0.1, -0.05) is 55.7 Å². The summed E-state index contributed by atoms with van der Waals surface area (Å²) in [5.41, 5.74) is 8.16. The molecule has 0 saturated heterocycles. The minimum absolute atomic E-state index is 0.388. The van der Waals surface area contributed by atoms with E-state index in [1.54, 1.807) is 0 Å². The Bertz CT molecular complexity index is 885. The molecule has 3 aromatic rings. The molecule has 5 nitrogen and oxygen atoms in total. The second-order valence-corrected chi connectivity index (χ2v) is 7.48. The van der Waals surface area contributed by atoms with E-state index in [1.807, 2.05) is 65.6 Å². The molecule has 6 heteroatoms. The highest BCUT2D eigenvalue weighted by Gasteiger charge is 2.23. The number of anilines is 2. The van der Waals surface area contributed by atoms with Gasteiger partial charge in [-0.15, -0.1) is 0 Å². The summed E-state index contributed by atoms with van der Waals surface area (Å²) in [5.74, 6) is 1.80. The van der Waals surface area contributed by atoms with Crippen molar-refractivity contribution < 1.29 is 0 Å². The third kappa shape index (κ3) is 4.17. The summed E-state index contributed by atoms with van der Waals surface area (Å²) >= 11 is 1.39. The first-order valence-corrected chi connectivity index (χ1v) is 10.2. The van der Waals surface area contributed by atoms with Crippen LogP contribution in [-0.4, -0.2) is 15.3 Å². The molecule has 0 bridgehead atoms. The Morgan fingerprint density at radius 3 is 2.33 bits per heavy atom. The van der Waals surface area contributed by atoms with Crippen LogP contribution in [0.25, 0.3) is 0 Å². The number of aromatic nitrogens is 2. The molecule has 0 atom stereocenters. The zero-order valence-corrected chi connectivity index (χ0v) is 16.0. The van der Waals surface area contributed by atoms with Gasteiger partial charge in [0.25, 0.3) is 0 Å². The second-order valence-electron chi connectivity index (χ2n) is 6.75. The minimum atomic E-state index is 0.388. The summed E-state index contributed by atoms with van der Waals surface area (Å²) in [6.45, 7) is 0. The SMILES string of the molecule is NC(=Nc1ccccc1)N(c1ccccc1)c1nc(C2CCCCC2)ns1. The molecule has 1 fully saturated rings. The molecule has 2 N–H and O–H groups in total. The Morgan fingerprint density at radius 2 is 1.63 bits per heavy atom. The van der Waals surface area contributed by atoms with Gasteiger partial charge in [-0.3, -0.25) is 4.90 Å². The van der Waals surface area contributed by atoms with Crippen molar-refractivity contribution in [2.75, 3.05) is 4.90 Å². The van der Waals surface area contributed by atoms with Crippen LogP contribution in [0.4, 0.5) is 16.5 Å². The number of benzene rings is 2. The van der Waals surface area contributed by atoms with E-state index >= 15 is 0 Å². The topological polar surface area (TPSA) is 67.4 Å². The number of hydrogen-bond acceptors (Lipinski definition) is 4. The third-order valence-corrected chi connectivity index (χ3v) is 5.55. The van der Waals surface area contributed by atoms with Crippen molar-refractivity contribution >= 4 is 34.0 Å². The zero-order chi connectivity index (χ0) is 18.5.